The molecule has 2 N–H and O–H groups in total. The van der Waals surface area contributed by atoms with Gasteiger partial charge in [0.15, 0.2) is 5.82 Å². The van der Waals surface area contributed by atoms with Crippen molar-refractivity contribution in [2.75, 3.05) is 11.9 Å². The van der Waals surface area contributed by atoms with Crippen LogP contribution in [0.25, 0.3) is 0 Å². The third-order valence-electron chi connectivity index (χ3n) is 4.27. The van der Waals surface area contributed by atoms with Crippen LogP contribution in [-0.2, 0) is 13.0 Å². The van der Waals surface area contributed by atoms with Crippen LogP contribution in [0.3, 0.4) is 0 Å². The number of nitrogens with one attached hydrogen (secondary N) is 2. The average molecular weight is 395 g/mol. The Labute approximate surface area is 161 Å². The highest BCUT2D eigenvalue weighted by Gasteiger charge is 2.27. The predicted octanol–water partition coefficient (Wildman–Crippen LogP) is 3.92. The van der Waals surface area contributed by atoms with Crippen molar-refractivity contribution in [3.8, 4) is 0 Å². The molecule has 2 amide bonds. The molecule has 0 unspecified atom stereocenters. The molecule has 2 heterocycles. The monoisotopic (exact) mass is 394 g/mol. The Balaban J connectivity index is 1.93. The zero-order valence-electron chi connectivity index (χ0n) is 14.4. The Kier molecular flexibility index (Phi) is 5.84. The smallest absolute Gasteiger partial charge is 0.291 e. The molecule has 6 nitrogen and oxygen atoms in total. The van der Waals surface area contributed by atoms with Crippen LogP contribution in [0.5, 0.6) is 0 Å². The summed E-state index contributed by atoms with van der Waals surface area (Å²) in [5.74, 6) is -0.470. The zero-order chi connectivity index (χ0) is 18.7. The number of para-hydroxylation sites is 1. The highest BCUT2D eigenvalue weighted by Crippen LogP contribution is 2.30. The Morgan fingerprint density at radius 3 is 2.62 bits per heavy atom. The summed E-state index contributed by atoms with van der Waals surface area (Å²) in [6.07, 6.45) is 3.46. The predicted molar refractivity (Wildman–Crippen MR) is 102 cm³/mol. The van der Waals surface area contributed by atoms with E-state index in [1.54, 1.807) is 18.2 Å². The van der Waals surface area contributed by atoms with Crippen LogP contribution in [0.15, 0.2) is 18.2 Å². The van der Waals surface area contributed by atoms with E-state index in [0.717, 1.165) is 31.4 Å². The Morgan fingerprint density at radius 2 is 1.92 bits per heavy atom. The van der Waals surface area contributed by atoms with Gasteiger partial charge in [-0.3, -0.25) is 9.59 Å². The zero-order valence-corrected chi connectivity index (χ0v) is 16.0. The number of rotatable bonds is 5. The van der Waals surface area contributed by atoms with Crippen LogP contribution in [0, 0.1) is 0 Å². The quantitative estimate of drug-likeness (QED) is 0.806. The summed E-state index contributed by atoms with van der Waals surface area (Å²) < 4.78 is 1.82. The van der Waals surface area contributed by atoms with Crippen LogP contribution in [-0.4, -0.2) is 27.9 Å². The van der Waals surface area contributed by atoms with Gasteiger partial charge in [-0.05, 0) is 37.8 Å². The molecule has 0 fully saturated rings. The first kappa shape index (κ1) is 18.7. The van der Waals surface area contributed by atoms with Crippen molar-refractivity contribution in [3.05, 3.63) is 45.5 Å². The van der Waals surface area contributed by atoms with E-state index < -0.39 is 5.91 Å². The molecular formula is C18H20Cl2N4O2. The number of hydrogen-bond acceptors (Lipinski definition) is 3. The van der Waals surface area contributed by atoms with Crippen molar-refractivity contribution in [3.63, 3.8) is 0 Å². The van der Waals surface area contributed by atoms with Gasteiger partial charge in [-0.15, -0.1) is 0 Å². The normalized spacial score (nSPS) is 13.2. The second-order valence-electron chi connectivity index (χ2n) is 6.15. The lowest BCUT2D eigenvalue weighted by atomic mass is 10.1. The number of aromatic nitrogens is 2. The van der Waals surface area contributed by atoms with Gasteiger partial charge in [-0.1, -0.05) is 36.2 Å². The van der Waals surface area contributed by atoms with Gasteiger partial charge in [-0.2, -0.15) is 0 Å². The molecule has 2 aromatic rings. The van der Waals surface area contributed by atoms with Gasteiger partial charge >= 0.3 is 0 Å². The molecule has 8 heteroatoms. The van der Waals surface area contributed by atoms with Crippen molar-refractivity contribution >= 4 is 40.7 Å². The Morgan fingerprint density at radius 1 is 1.19 bits per heavy atom. The van der Waals surface area contributed by atoms with E-state index in [4.69, 9.17) is 23.2 Å². The highest BCUT2D eigenvalue weighted by molar-refractivity contribution is 6.39. The summed E-state index contributed by atoms with van der Waals surface area (Å²) in [4.78, 5) is 29.6. The molecule has 1 aromatic carbocycles. The lowest BCUT2D eigenvalue weighted by Crippen LogP contribution is -2.26. The third-order valence-corrected chi connectivity index (χ3v) is 4.90. The minimum atomic E-state index is -0.433. The standard InChI is InChI=1S/C18H20Cl2N4O2/c1-2-9-21-17(25)15-13-8-3-4-10-24(13)16(22-15)18(26)23-14-11(19)6-5-7-12(14)20/h5-7H,2-4,8-10H2,1H3,(H,21,25)(H,23,26). The fourth-order valence-electron chi connectivity index (χ4n) is 3.01. The summed E-state index contributed by atoms with van der Waals surface area (Å²) >= 11 is 12.3. The topological polar surface area (TPSA) is 76.0 Å². The molecule has 138 valence electrons. The second kappa shape index (κ2) is 8.10. The van der Waals surface area contributed by atoms with Gasteiger partial charge in [0.25, 0.3) is 11.8 Å². The number of imidazole rings is 1. The van der Waals surface area contributed by atoms with E-state index in [1.165, 1.54) is 0 Å². The maximum absolute atomic E-state index is 12.8. The van der Waals surface area contributed by atoms with Gasteiger partial charge in [-0.25, -0.2) is 4.98 Å². The molecule has 0 radical (unpaired) electrons. The number of nitrogens with zero attached hydrogens (tertiary/aromatic N) is 2. The lowest BCUT2D eigenvalue weighted by Gasteiger charge is -2.17. The van der Waals surface area contributed by atoms with Crippen molar-refractivity contribution in [1.29, 1.82) is 0 Å². The number of benzene rings is 1. The van der Waals surface area contributed by atoms with E-state index in [9.17, 15) is 9.59 Å². The van der Waals surface area contributed by atoms with E-state index in [0.29, 0.717) is 34.5 Å². The molecule has 0 saturated carbocycles. The third kappa shape index (κ3) is 3.71. The number of carbonyl (C=O) groups is 2. The van der Waals surface area contributed by atoms with Gasteiger partial charge < -0.3 is 15.2 Å². The Bertz CT molecular complexity index is 828. The summed E-state index contributed by atoms with van der Waals surface area (Å²) in [6, 6.07) is 5.00. The van der Waals surface area contributed by atoms with Gasteiger partial charge in [0, 0.05) is 13.1 Å². The molecule has 0 aliphatic carbocycles. The number of carbonyl (C=O) groups excluding carboxylic acids is 2. The van der Waals surface area contributed by atoms with Crippen LogP contribution in [0.4, 0.5) is 5.69 Å². The SMILES string of the molecule is CCCNC(=O)c1nc(C(=O)Nc2c(Cl)cccc2Cl)n2c1CCCC2. The van der Waals surface area contributed by atoms with Gasteiger partial charge in [0.2, 0.25) is 0 Å². The van der Waals surface area contributed by atoms with Crippen LogP contribution in [0.2, 0.25) is 10.0 Å². The van der Waals surface area contributed by atoms with E-state index >= 15 is 0 Å². The van der Waals surface area contributed by atoms with E-state index in [2.05, 4.69) is 15.6 Å². The van der Waals surface area contributed by atoms with Crippen molar-refractivity contribution in [2.24, 2.45) is 0 Å². The summed E-state index contributed by atoms with van der Waals surface area (Å²) in [5, 5.41) is 6.24. The molecule has 26 heavy (non-hydrogen) atoms. The first-order chi connectivity index (χ1) is 12.5. The molecule has 1 aliphatic heterocycles. The largest absolute Gasteiger partial charge is 0.351 e. The van der Waals surface area contributed by atoms with Crippen molar-refractivity contribution < 1.29 is 9.59 Å². The van der Waals surface area contributed by atoms with Gasteiger partial charge in [0.1, 0.15) is 5.69 Å². The number of hydrogen-bond donors (Lipinski definition) is 2. The molecule has 0 spiro atoms. The van der Waals surface area contributed by atoms with Crippen LogP contribution >= 0.6 is 23.2 Å². The number of fused-ring (bicyclic) bond motifs is 1. The fraction of sp³-hybridized carbons (Fsp3) is 0.389. The molecule has 3 rings (SSSR count). The van der Waals surface area contributed by atoms with Crippen molar-refractivity contribution in [1.82, 2.24) is 14.9 Å². The summed E-state index contributed by atoms with van der Waals surface area (Å²) in [5.41, 5.74) is 1.47. The average Bonchev–Trinajstić information content (AvgIpc) is 3.02. The fourth-order valence-corrected chi connectivity index (χ4v) is 3.50. The number of halogens is 2. The summed E-state index contributed by atoms with van der Waals surface area (Å²) in [6.45, 7) is 3.21. The molecular weight excluding hydrogens is 375 g/mol. The summed E-state index contributed by atoms with van der Waals surface area (Å²) in [7, 11) is 0. The van der Waals surface area contributed by atoms with Gasteiger partial charge in [0.05, 0.1) is 21.4 Å². The first-order valence-electron chi connectivity index (χ1n) is 8.66. The van der Waals surface area contributed by atoms with Crippen LogP contribution in [0.1, 0.15) is 53.0 Å². The number of anilines is 1. The van der Waals surface area contributed by atoms with Crippen LogP contribution < -0.4 is 10.6 Å². The van der Waals surface area contributed by atoms with E-state index in [-0.39, 0.29) is 11.7 Å². The highest BCUT2D eigenvalue weighted by atomic mass is 35.5. The first-order valence-corrected chi connectivity index (χ1v) is 9.41. The molecule has 0 saturated heterocycles. The maximum Gasteiger partial charge on any atom is 0.291 e. The minimum Gasteiger partial charge on any atom is -0.351 e. The van der Waals surface area contributed by atoms with Crippen molar-refractivity contribution in [2.45, 2.75) is 39.2 Å². The second-order valence-corrected chi connectivity index (χ2v) is 6.96. The lowest BCUT2D eigenvalue weighted by molar-refractivity contribution is 0.0947. The molecule has 1 aromatic heterocycles. The molecule has 1 aliphatic rings. The number of amides is 2. The molecule has 0 atom stereocenters. The Hall–Kier alpha value is -2.05. The van der Waals surface area contributed by atoms with E-state index in [1.807, 2.05) is 11.5 Å². The molecule has 0 bridgehead atoms. The minimum absolute atomic E-state index is 0.206. The maximum atomic E-state index is 12.8.